The van der Waals surface area contributed by atoms with Gasteiger partial charge in [0, 0.05) is 12.1 Å². The van der Waals surface area contributed by atoms with E-state index in [9.17, 15) is 14.9 Å². The Morgan fingerprint density at radius 3 is 2.19 bits per heavy atom. The Labute approximate surface area is 184 Å². The third-order valence-electron chi connectivity index (χ3n) is 4.87. The lowest BCUT2D eigenvalue weighted by molar-refractivity contribution is -0.384. The first kappa shape index (κ1) is 20.6. The molecule has 31 heavy (non-hydrogen) atoms. The zero-order valence-electron chi connectivity index (χ0n) is 17.0. The summed E-state index contributed by atoms with van der Waals surface area (Å²) in [6.45, 7) is 3.99. The Kier molecular flexibility index (Phi) is 5.68. The molecule has 1 aliphatic rings. The molecule has 4 rings (SSSR count). The zero-order valence-corrected chi connectivity index (χ0v) is 17.8. The van der Waals surface area contributed by atoms with Gasteiger partial charge in [-0.15, -0.1) is 0 Å². The maximum atomic E-state index is 13.3. The lowest BCUT2D eigenvalue weighted by atomic mass is 10.1. The highest BCUT2D eigenvalue weighted by Crippen LogP contribution is 2.38. The monoisotopic (exact) mass is 429 g/mol. The highest BCUT2D eigenvalue weighted by Gasteiger charge is 2.34. The summed E-state index contributed by atoms with van der Waals surface area (Å²) >= 11 is 1.29. The normalized spacial score (nSPS) is 16.3. The third-order valence-corrected chi connectivity index (χ3v) is 5.84. The minimum absolute atomic E-state index is 0.00995. The van der Waals surface area contributed by atoms with Crippen LogP contribution in [0.25, 0.3) is 6.08 Å². The van der Waals surface area contributed by atoms with E-state index in [2.05, 4.69) is 0 Å². The number of benzene rings is 3. The summed E-state index contributed by atoms with van der Waals surface area (Å²) < 4.78 is 0. The van der Waals surface area contributed by atoms with Crippen LogP contribution in [-0.4, -0.2) is 16.0 Å². The molecule has 0 unspecified atom stereocenters. The number of rotatable bonds is 4. The van der Waals surface area contributed by atoms with Crippen molar-refractivity contribution in [3.05, 3.63) is 105 Å². The SMILES string of the molecule is Cc1cccc(C)c1N=C1S/C(=C\c2ccc([N+](=O)[O-])cc2)C(=O)N1c1ccccc1. The fourth-order valence-corrected chi connectivity index (χ4v) is 4.26. The molecule has 1 fully saturated rings. The van der Waals surface area contributed by atoms with Crippen molar-refractivity contribution in [3.63, 3.8) is 0 Å². The van der Waals surface area contributed by atoms with Crippen molar-refractivity contribution in [2.24, 2.45) is 4.99 Å². The topological polar surface area (TPSA) is 75.8 Å². The summed E-state index contributed by atoms with van der Waals surface area (Å²) in [4.78, 5) is 30.7. The van der Waals surface area contributed by atoms with E-state index in [1.165, 1.54) is 23.9 Å². The average molecular weight is 430 g/mol. The number of nitrogens with zero attached hydrogens (tertiary/aromatic N) is 3. The van der Waals surface area contributed by atoms with Crippen molar-refractivity contribution in [1.29, 1.82) is 0 Å². The molecule has 3 aromatic carbocycles. The van der Waals surface area contributed by atoms with Gasteiger partial charge < -0.3 is 0 Å². The van der Waals surface area contributed by atoms with E-state index in [-0.39, 0.29) is 11.6 Å². The zero-order chi connectivity index (χ0) is 22.0. The van der Waals surface area contributed by atoms with Gasteiger partial charge in [-0.25, -0.2) is 4.99 Å². The van der Waals surface area contributed by atoms with Gasteiger partial charge in [0.25, 0.3) is 11.6 Å². The number of hydrogen-bond acceptors (Lipinski definition) is 5. The lowest BCUT2D eigenvalue weighted by Crippen LogP contribution is -2.28. The predicted molar refractivity (Wildman–Crippen MR) is 126 cm³/mol. The quantitative estimate of drug-likeness (QED) is 0.289. The van der Waals surface area contributed by atoms with Crippen LogP contribution in [0.3, 0.4) is 0 Å². The van der Waals surface area contributed by atoms with E-state index in [0.717, 1.165) is 22.5 Å². The number of para-hydroxylation sites is 2. The maximum Gasteiger partial charge on any atom is 0.271 e. The van der Waals surface area contributed by atoms with E-state index in [0.29, 0.717) is 15.6 Å². The molecule has 7 heteroatoms. The van der Waals surface area contributed by atoms with Gasteiger partial charge in [-0.3, -0.25) is 19.8 Å². The number of carbonyl (C=O) groups is 1. The number of carbonyl (C=O) groups excluding carboxylic acids is 1. The molecule has 0 radical (unpaired) electrons. The number of aliphatic imine (C=N–C) groups is 1. The molecule has 0 aromatic heterocycles. The van der Waals surface area contributed by atoms with Gasteiger partial charge in [0.15, 0.2) is 5.17 Å². The maximum absolute atomic E-state index is 13.3. The first-order valence-electron chi connectivity index (χ1n) is 9.62. The minimum atomic E-state index is -0.446. The Bertz CT molecular complexity index is 1200. The fourth-order valence-electron chi connectivity index (χ4n) is 3.27. The van der Waals surface area contributed by atoms with Gasteiger partial charge in [0.05, 0.1) is 21.2 Å². The van der Waals surface area contributed by atoms with Crippen LogP contribution in [-0.2, 0) is 4.79 Å². The first-order chi connectivity index (χ1) is 14.9. The van der Waals surface area contributed by atoms with Gasteiger partial charge in [0.2, 0.25) is 0 Å². The molecular formula is C24H19N3O3S. The van der Waals surface area contributed by atoms with Crippen LogP contribution in [0.1, 0.15) is 16.7 Å². The summed E-state index contributed by atoms with van der Waals surface area (Å²) in [5, 5.41) is 11.5. The second-order valence-electron chi connectivity index (χ2n) is 7.07. The second-order valence-corrected chi connectivity index (χ2v) is 8.08. The summed E-state index contributed by atoms with van der Waals surface area (Å²) in [5.74, 6) is -0.181. The van der Waals surface area contributed by atoms with E-state index in [1.807, 2.05) is 62.4 Å². The first-order valence-corrected chi connectivity index (χ1v) is 10.4. The largest absolute Gasteiger partial charge is 0.271 e. The number of hydrogen-bond donors (Lipinski definition) is 0. The Morgan fingerprint density at radius 2 is 1.58 bits per heavy atom. The number of non-ortho nitro benzene ring substituents is 1. The fraction of sp³-hybridized carbons (Fsp3) is 0.0833. The number of aryl methyl sites for hydroxylation is 2. The molecule has 3 aromatic rings. The van der Waals surface area contributed by atoms with Crippen LogP contribution in [0.4, 0.5) is 17.1 Å². The van der Waals surface area contributed by atoms with Crippen molar-refractivity contribution >= 4 is 46.0 Å². The Hall–Kier alpha value is -3.71. The standard InChI is InChI=1S/C24H19N3O3S/c1-16-7-6-8-17(2)22(16)25-24-26(19-9-4-3-5-10-19)23(28)21(31-24)15-18-11-13-20(14-12-18)27(29)30/h3-15H,1-2H3/b21-15-,25-24?. The minimum Gasteiger partial charge on any atom is -0.268 e. The highest BCUT2D eigenvalue weighted by molar-refractivity contribution is 8.19. The number of nitro benzene ring substituents is 1. The van der Waals surface area contributed by atoms with Crippen LogP contribution in [0.5, 0.6) is 0 Å². The molecule has 0 bridgehead atoms. The van der Waals surface area contributed by atoms with E-state index >= 15 is 0 Å². The molecular weight excluding hydrogens is 410 g/mol. The summed E-state index contributed by atoms with van der Waals surface area (Å²) in [7, 11) is 0. The molecule has 6 nitrogen and oxygen atoms in total. The van der Waals surface area contributed by atoms with Gasteiger partial charge in [-0.2, -0.15) is 0 Å². The van der Waals surface area contributed by atoms with Crippen molar-refractivity contribution < 1.29 is 9.72 Å². The Morgan fingerprint density at radius 1 is 0.935 bits per heavy atom. The third kappa shape index (κ3) is 4.27. The number of nitro groups is 1. The van der Waals surface area contributed by atoms with Crippen LogP contribution in [0, 0.1) is 24.0 Å². The number of anilines is 1. The lowest BCUT2D eigenvalue weighted by Gasteiger charge is -2.16. The molecule has 1 aliphatic heterocycles. The van der Waals surface area contributed by atoms with Crippen LogP contribution < -0.4 is 4.90 Å². The van der Waals surface area contributed by atoms with Gasteiger partial charge in [-0.1, -0.05) is 36.4 Å². The van der Waals surface area contributed by atoms with Crippen molar-refractivity contribution in [1.82, 2.24) is 0 Å². The van der Waals surface area contributed by atoms with Gasteiger partial charge in [0.1, 0.15) is 0 Å². The molecule has 0 aliphatic carbocycles. The van der Waals surface area contributed by atoms with Crippen molar-refractivity contribution in [2.45, 2.75) is 13.8 Å². The molecule has 0 atom stereocenters. The van der Waals surface area contributed by atoms with Crippen molar-refractivity contribution in [3.8, 4) is 0 Å². The molecule has 0 spiro atoms. The van der Waals surface area contributed by atoms with E-state index < -0.39 is 4.92 Å². The summed E-state index contributed by atoms with van der Waals surface area (Å²) in [6.07, 6.45) is 1.74. The molecule has 1 saturated heterocycles. The number of amides is 1. The van der Waals surface area contributed by atoms with Crippen LogP contribution in [0.15, 0.2) is 82.7 Å². The summed E-state index contributed by atoms with van der Waals surface area (Å²) in [5.41, 5.74) is 4.36. The number of amidine groups is 1. The van der Waals surface area contributed by atoms with E-state index in [1.54, 1.807) is 23.1 Å². The van der Waals surface area contributed by atoms with Crippen molar-refractivity contribution in [2.75, 3.05) is 4.90 Å². The van der Waals surface area contributed by atoms with Crippen LogP contribution in [0.2, 0.25) is 0 Å². The smallest absolute Gasteiger partial charge is 0.268 e. The molecule has 0 N–H and O–H groups in total. The van der Waals surface area contributed by atoms with Gasteiger partial charge in [-0.05, 0) is 72.6 Å². The molecule has 0 saturated carbocycles. The second kappa shape index (κ2) is 8.57. The molecule has 1 amide bonds. The molecule has 154 valence electrons. The average Bonchev–Trinajstić information content (AvgIpc) is 3.06. The Balaban J connectivity index is 1.77. The van der Waals surface area contributed by atoms with E-state index in [4.69, 9.17) is 4.99 Å². The van der Waals surface area contributed by atoms with Gasteiger partial charge >= 0.3 is 0 Å². The highest BCUT2D eigenvalue weighted by atomic mass is 32.2. The molecule has 1 heterocycles. The summed E-state index contributed by atoms with van der Waals surface area (Å²) in [6, 6.07) is 21.5. The predicted octanol–water partition coefficient (Wildman–Crippen LogP) is 6.02. The number of thioether (sulfide) groups is 1. The van der Waals surface area contributed by atoms with Crippen LogP contribution >= 0.6 is 11.8 Å².